The van der Waals surface area contributed by atoms with Crippen LogP contribution in [0.2, 0.25) is 0 Å². The van der Waals surface area contributed by atoms with Crippen LogP contribution in [0, 0.1) is 0 Å². The Hall–Kier alpha value is -1.58. The van der Waals surface area contributed by atoms with E-state index in [1.807, 2.05) is 7.05 Å². The van der Waals surface area contributed by atoms with E-state index < -0.39 is 0 Å². The Morgan fingerprint density at radius 3 is 2.62 bits per heavy atom. The van der Waals surface area contributed by atoms with E-state index in [2.05, 4.69) is 18.8 Å². The molecule has 2 N–H and O–H groups in total. The first-order valence-electron chi connectivity index (χ1n) is 5.59. The predicted octanol–water partition coefficient (Wildman–Crippen LogP) is 1.92. The average Bonchev–Trinajstić information content (AvgIpc) is 2.30. The Morgan fingerprint density at radius 1 is 1.50 bits per heavy atom. The van der Waals surface area contributed by atoms with Gasteiger partial charge >= 0.3 is 0 Å². The molecule has 0 saturated heterocycles. The molecule has 0 spiro atoms. The summed E-state index contributed by atoms with van der Waals surface area (Å²) < 4.78 is 0. The molecule has 88 valence electrons. The smallest absolute Gasteiger partial charge is 0.257 e. The van der Waals surface area contributed by atoms with E-state index in [-0.39, 0.29) is 11.9 Å². The van der Waals surface area contributed by atoms with Crippen LogP contribution < -0.4 is 5.73 Å². The van der Waals surface area contributed by atoms with E-state index in [0.29, 0.717) is 11.4 Å². The molecule has 0 bridgehead atoms. The van der Waals surface area contributed by atoms with Crippen LogP contribution in [0.3, 0.4) is 0 Å². The average molecular weight is 221 g/mol. The van der Waals surface area contributed by atoms with Gasteiger partial charge in [-0.05, 0) is 25.0 Å². The zero-order valence-electron chi connectivity index (χ0n) is 10.1. The van der Waals surface area contributed by atoms with Gasteiger partial charge in [-0.2, -0.15) is 0 Å². The number of anilines is 1. The lowest BCUT2D eigenvalue weighted by Gasteiger charge is -2.26. The number of carbonyl (C=O) groups excluding carboxylic acids is 1. The molecular weight excluding hydrogens is 202 g/mol. The summed E-state index contributed by atoms with van der Waals surface area (Å²) in [5.41, 5.74) is 6.17. The maximum Gasteiger partial charge on any atom is 0.257 e. The van der Waals surface area contributed by atoms with E-state index >= 15 is 0 Å². The third-order valence-corrected chi connectivity index (χ3v) is 2.88. The van der Waals surface area contributed by atoms with E-state index in [1.54, 1.807) is 23.2 Å². The second-order valence-electron chi connectivity index (χ2n) is 3.82. The molecule has 16 heavy (non-hydrogen) atoms. The topological polar surface area (TPSA) is 59.2 Å². The van der Waals surface area contributed by atoms with Gasteiger partial charge in [0.05, 0.1) is 5.56 Å². The summed E-state index contributed by atoms with van der Waals surface area (Å²) >= 11 is 0. The Morgan fingerprint density at radius 2 is 2.12 bits per heavy atom. The first-order chi connectivity index (χ1) is 7.61. The zero-order valence-corrected chi connectivity index (χ0v) is 10.1. The van der Waals surface area contributed by atoms with Crippen LogP contribution in [-0.4, -0.2) is 28.9 Å². The molecule has 0 fully saturated rings. The van der Waals surface area contributed by atoms with Crippen LogP contribution in [0.25, 0.3) is 0 Å². The van der Waals surface area contributed by atoms with Gasteiger partial charge in [0, 0.05) is 19.3 Å². The van der Waals surface area contributed by atoms with Crippen molar-refractivity contribution in [1.82, 2.24) is 9.88 Å². The zero-order chi connectivity index (χ0) is 12.1. The second kappa shape index (κ2) is 5.49. The van der Waals surface area contributed by atoms with Gasteiger partial charge < -0.3 is 10.6 Å². The molecule has 0 atom stereocenters. The van der Waals surface area contributed by atoms with Gasteiger partial charge in [-0.3, -0.25) is 4.79 Å². The number of nitrogens with two attached hydrogens (primary N) is 1. The largest absolute Gasteiger partial charge is 0.383 e. The van der Waals surface area contributed by atoms with Crippen molar-refractivity contribution < 1.29 is 4.79 Å². The number of amides is 1. The molecule has 4 nitrogen and oxygen atoms in total. The highest BCUT2D eigenvalue weighted by molar-refractivity contribution is 5.98. The molecule has 0 saturated carbocycles. The first-order valence-corrected chi connectivity index (χ1v) is 5.59. The molecule has 4 heteroatoms. The van der Waals surface area contributed by atoms with Crippen molar-refractivity contribution in [3.8, 4) is 0 Å². The minimum absolute atomic E-state index is 0.0562. The normalized spacial score (nSPS) is 10.5. The lowest BCUT2D eigenvalue weighted by atomic mass is 10.1. The van der Waals surface area contributed by atoms with Crippen molar-refractivity contribution in [3.05, 3.63) is 23.9 Å². The van der Waals surface area contributed by atoms with Crippen molar-refractivity contribution in [3.63, 3.8) is 0 Å². The third-order valence-electron chi connectivity index (χ3n) is 2.88. The lowest BCUT2D eigenvalue weighted by Crippen LogP contribution is -2.36. The Balaban J connectivity index is 2.90. The highest BCUT2D eigenvalue weighted by atomic mass is 16.2. The van der Waals surface area contributed by atoms with Crippen molar-refractivity contribution in [2.45, 2.75) is 32.7 Å². The number of carbonyl (C=O) groups is 1. The van der Waals surface area contributed by atoms with Gasteiger partial charge in [-0.15, -0.1) is 0 Å². The molecule has 1 amide bonds. The van der Waals surface area contributed by atoms with E-state index in [0.717, 1.165) is 12.8 Å². The van der Waals surface area contributed by atoms with E-state index in [9.17, 15) is 4.79 Å². The number of rotatable bonds is 4. The number of pyridine rings is 1. The number of hydrogen-bond acceptors (Lipinski definition) is 3. The van der Waals surface area contributed by atoms with Crippen LogP contribution in [0.1, 0.15) is 37.0 Å². The molecule has 1 aromatic heterocycles. The number of aromatic nitrogens is 1. The second-order valence-corrected chi connectivity index (χ2v) is 3.82. The van der Waals surface area contributed by atoms with Gasteiger partial charge in [-0.25, -0.2) is 4.98 Å². The SMILES string of the molecule is CCC(CC)N(C)C(=O)c1cccnc1N. The summed E-state index contributed by atoms with van der Waals surface area (Å²) in [6.45, 7) is 4.15. The Kier molecular flexibility index (Phi) is 4.28. The third kappa shape index (κ3) is 2.51. The Bertz CT molecular complexity index is 361. The monoisotopic (exact) mass is 221 g/mol. The molecule has 0 aliphatic carbocycles. The Labute approximate surface area is 96.5 Å². The van der Waals surface area contributed by atoms with Crippen LogP contribution in [0.4, 0.5) is 5.82 Å². The van der Waals surface area contributed by atoms with Crippen molar-refractivity contribution in [2.75, 3.05) is 12.8 Å². The maximum atomic E-state index is 12.1. The molecule has 0 aromatic carbocycles. The number of nitrogen functional groups attached to an aromatic ring is 1. The van der Waals surface area contributed by atoms with Gasteiger partial charge in [0.1, 0.15) is 5.82 Å². The number of hydrogen-bond donors (Lipinski definition) is 1. The molecule has 0 aliphatic heterocycles. The molecule has 1 heterocycles. The van der Waals surface area contributed by atoms with Crippen LogP contribution in [0.15, 0.2) is 18.3 Å². The lowest BCUT2D eigenvalue weighted by molar-refractivity contribution is 0.0724. The van der Waals surface area contributed by atoms with Crippen molar-refractivity contribution in [2.24, 2.45) is 0 Å². The predicted molar refractivity (Wildman–Crippen MR) is 65.1 cm³/mol. The van der Waals surface area contributed by atoms with Crippen molar-refractivity contribution >= 4 is 11.7 Å². The molecule has 1 aromatic rings. The fraction of sp³-hybridized carbons (Fsp3) is 0.500. The molecular formula is C12H19N3O. The maximum absolute atomic E-state index is 12.1. The summed E-state index contributed by atoms with van der Waals surface area (Å²) in [7, 11) is 1.81. The molecule has 1 rings (SSSR count). The van der Waals surface area contributed by atoms with Crippen molar-refractivity contribution in [1.29, 1.82) is 0 Å². The standard InChI is InChI=1S/C12H19N3O/c1-4-9(5-2)15(3)12(16)10-7-6-8-14-11(10)13/h6-9H,4-5H2,1-3H3,(H2,13,14). The molecule has 0 radical (unpaired) electrons. The van der Waals surface area contributed by atoms with Crippen LogP contribution >= 0.6 is 0 Å². The minimum Gasteiger partial charge on any atom is -0.383 e. The molecule has 0 aliphatic rings. The van der Waals surface area contributed by atoms with E-state index in [1.165, 1.54) is 0 Å². The first kappa shape index (κ1) is 12.5. The highest BCUT2D eigenvalue weighted by Gasteiger charge is 2.20. The summed E-state index contributed by atoms with van der Waals surface area (Å²) in [5.74, 6) is 0.240. The summed E-state index contributed by atoms with van der Waals surface area (Å²) in [5, 5.41) is 0. The van der Waals surface area contributed by atoms with Gasteiger partial charge in [0.15, 0.2) is 0 Å². The van der Waals surface area contributed by atoms with Crippen LogP contribution in [0.5, 0.6) is 0 Å². The fourth-order valence-corrected chi connectivity index (χ4v) is 1.79. The summed E-state index contributed by atoms with van der Waals surface area (Å²) in [6, 6.07) is 3.69. The highest BCUT2D eigenvalue weighted by Crippen LogP contribution is 2.14. The quantitative estimate of drug-likeness (QED) is 0.845. The fourth-order valence-electron chi connectivity index (χ4n) is 1.79. The van der Waals surface area contributed by atoms with E-state index in [4.69, 9.17) is 5.73 Å². The van der Waals surface area contributed by atoms with Gasteiger partial charge in [0.25, 0.3) is 5.91 Å². The van der Waals surface area contributed by atoms with Gasteiger partial charge in [0.2, 0.25) is 0 Å². The van der Waals surface area contributed by atoms with Crippen LogP contribution in [-0.2, 0) is 0 Å². The van der Waals surface area contributed by atoms with Gasteiger partial charge in [-0.1, -0.05) is 13.8 Å². The minimum atomic E-state index is -0.0562. The summed E-state index contributed by atoms with van der Waals surface area (Å²) in [4.78, 5) is 17.8. The number of nitrogens with zero attached hydrogens (tertiary/aromatic N) is 2. The summed E-state index contributed by atoms with van der Waals surface area (Å²) in [6.07, 6.45) is 3.47. The molecule has 0 unspecified atom stereocenters.